The van der Waals surface area contributed by atoms with Gasteiger partial charge in [-0.1, -0.05) is 54.1 Å². The molecule has 0 fully saturated rings. The van der Waals surface area contributed by atoms with Gasteiger partial charge in [0, 0.05) is 5.02 Å². The molecule has 20 heavy (non-hydrogen) atoms. The van der Waals surface area contributed by atoms with Crippen molar-refractivity contribution in [3.05, 3.63) is 70.7 Å². The Morgan fingerprint density at radius 3 is 2.20 bits per heavy atom. The summed E-state index contributed by atoms with van der Waals surface area (Å²) in [6.07, 6.45) is 0. The molecule has 3 nitrogen and oxygen atoms in total. The maximum Gasteiger partial charge on any atom is 0.347 e. The van der Waals surface area contributed by atoms with Gasteiger partial charge in [-0.15, -0.1) is 0 Å². The van der Waals surface area contributed by atoms with Crippen LogP contribution in [0.15, 0.2) is 54.6 Å². The second-order valence-corrected chi connectivity index (χ2v) is 4.74. The summed E-state index contributed by atoms with van der Waals surface area (Å²) in [6, 6.07) is 15.2. The first-order valence-electron chi connectivity index (χ1n) is 6.30. The first-order valence-corrected chi connectivity index (χ1v) is 6.68. The lowest BCUT2D eigenvalue weighted by molar-refractivity contribution is -0.161. The van der Waals surface area contributed by atoms with Crippen molar-refractivity contribution in [2.24, 2.45) is 0 Å². The second kappa shape index (κ2) is 6.07. The molecule has 0 spiro atoms. The fraction of sp³-hybridized carbons (Fsp3) is 0.188. The molecule has 0 saturated heterocycles. The lowest BCUT2D eigenvalue weighted by Gasteiger charge is -2.26. The largest absolute Gasteiger partial charge is 0.463 e. The zero-order chi connectivity index (χ0) is 14.6. The third kappa shape index (κ3) is 2.69. The minimum Gasteiger partial charge on any atom is -0.463 e. The first-order chi connectivity index (χ1) is 9.59. The van der Waals surface area contributed by atoms with E-state index in [0.29, 0.717) is 16.1 Å². The van der Waals surface area contributed by atoms with Gasteiger partial charge < -0.3 is 9.84 Å². The van der Waals surface area contributed by atoms with Gasteiger partial charge in [0.2, 0.25) is 5.60 Å². The normalized spacial score (nSPS) is 13.6. The van der Waals surface area contributed by atoms with Gasteiger partial charge in [0.1, 0.15) is 0 Å². The van der Waals surface area contributed by atoms with E-state index < -0.39 is 11.6 Å². The standard InChI is InChI=1S/C16H15ClO3/c1-2-20-15(18)16(19,12-6-4-3-5-7-12)13-8-10-14(17)11-9-13/h3-11,19H,2H2,1H3/t16-/m1/s1. The molecule has 1 N–H and O–H groups in total. The van der Waals surface area contributed by atoms with Crippen LogP contribution in [0.25, 0.3) is 0 Å². The van der Waals surface area contributed by atoms with E-state index in [1.165, 1.54) is 0 Å². The fourth-order valence-electron chi connectivity index (χ4n) is 2.01. The lowest BCUT2D eigenvalue weighted by Crippen LogP contribution is -2.38. The van der Waals surface area contributed by atoms with Crippen molar-refractivity contribution in [2.45, 2.75) is 12.5 Å². The van der Waals surface area contributed by atoms with Crippen LogP contribution in [0.4, 0.5) is 0 Å². The number of benzene rings is 2. The van der Waals surface area contributed by atoms with E-state index in [2.05, 4.69) is 0 Å². The van der Waals surface area contributed by atoms with Crippen molar-refractivity contribution in [3.8, 4) is 0 Å². The van der Waals surface area contributed by atoms with E-state index in [0.717, 1.165) is 0 Å². The molecule has 2 aromatic carbocycles. The highest BCUT2D eigenvalue weighted by Crippen LogP contribution is 2.31. The molecule has 0 heterocycles. The molecule has 0 aromatic heterocycles. The molecule has 2 aromatic rings. The maximum absolute atomic E-state index is 12.2. The third-order valence-electron chi connectivity index (χ3n) is 3.02. The number of ether oxygens (including phenoxy) is 1. The summed E-state index contributed by atoms with van der Waals surface area (Å²) in [4.78, 5) is 12.2. The Bertz CT molecular complexity index is 580. The minimum absolute atomic E-state index is 0.196. The van der Waals surface area contributed by atoms with E-state index in [-0.39, 0.29) is 6.61 Å². The molecule has 0 aliphatic heterocycles. The number of aliphatic hydroxyl groups is 1. The molecule has 2 rings (SSSR count). The smallest absolute Gasteiger partial charge is 0.347 e. The number of carbonyl (C=O) groups excluding carboxylic acids is 1. The van der Waals surface area contributed by atoms with Crippen molar-refractivity contribution in [2.75, 3.05) is 6.61 Å². The summed E-state index contributed by atoms with van der Waals surface area (Å²) in [6.45, 7) is 1.90. The lowest BCUT2D eigenvalue weighted by atomic mass is 9.86. The van der Waals surface area contributed by atoms with Crippen molar-refractivity contribution in [1.82, 2.24) is 0 Å². The van der Waals surface area contributed by atoms with Crippen LogP contribution < -0.4 is 0 Å². The summed E-state index contributed by atoms with van der Waals surface area (Å²) < 4.78 is 5.02. The van der Waals surface area contributed by atoms with Crippen LogP contribution in [0.3, 0.4) is 0 Å². The Balaban J connectivity index is 2.55. The van der Waals surface area contributed by atoms with Gasteiger partial charge in [0.15, 0.2) is 0 Å². The Morgan fingerprint density at radius 2 is 1.65 bits per heavy atom. The highest BCUT2D eigenvalue weighted by atomic mass is 35.5. The quantitative estimate of drug-likeness (QED) is 0.880. The van der Waals surface area contributed by atoms with Crippen molar-refractivity contribution >= 4 is 17.6 Å². The Morgan fingerprint density at radius 1 is 1.10 bits per heavy atom. The molecule has 104 valence electrons. The monoisotopic (exact) mass is 290 g/mol. The molecule has 0 aliphatic carbocycles. The summed E-state index contributed by atoms with van der Waals surface area (Å²) >= 11 is 5.85. The van der Waals surface area contributed by atoms with Gasteiger partial charge in [0.25, 0.3) is 0 Å². The van der Waals surface area contributed by atoms with Crippen LogP contribution >= 0.6 is 11.6 Å². The van der Waals surface area contributed by atoms with Gasteiger partial charge in [-0.05, 0) is 30.2 Å². The van der Waals surface area contributed by atoms with Crippen molar-refractivity contribution < 1.29 is 14.6 Å². The Labute approximate surface area is 122 Å². The van der Waals surface area contributed by atoms with Crippen LogP contribution in [0.1, 0.15) is 18.1 Å². The van der Waals surface area contributed by atoms with Crippen molar-refractivity contribution in [1.29, 1.82) is 0 Å². The zero-order valence-electron chi connectivity index (χ0n) is 11.0. The van der Waals surface area contributed by atoms with Gasteiger partial charge in [-0.2, -0.15) is 0 Å². The van der Waals surface area contributed by atoms with Gasteiger partial charge >= 0.3 is 5.97 Å². The van der Waals surface area contributed by atoms with Gasteiger partial charge in [0.05, 0.1) is 6.61 Å². The van der Waals surface area contributed by atoms with Crippen molar-refractivity contribution in [3.63, 3.8) is 0 Å². The van der Waals surface area contributed by atoms with Crippen LogP contribution in [-0.2, 0) is 15.1 Å². The zero-order valence-corrected chi connectivity index (χ0v) is 11.8. The van der Waals surface area contributed by atoms with E-state index in [4.69, 9.17) is 16.3 Å². The molecule has 0 unspecified atom stereocenters. The molecule has 1 atom stereocenters. The second-order valence-electron chi connectivity index (χ2n) is 4.30. The predicted octanol–water partition coefficient (Wildman–Crippen LogP) is 3.14. The summed E-state index contributed by atoms with van der Waals surface area (Å²) in [5.41, 5.74) is -0.950. The van der Waals surface area contributed by atoms with E-state index in [9.17, 15) is 9.90 Å². The average molecular weight is 291 g/mol. The minimum atomic E-state index is -1.83. The number of rotatable bonds is 4. The van der Waals surface area contributed by atoms with Crippen LogP contribution in [0.5, 0.6) is 0 Å². The van der Waals surface area contributed by atoms with E-state index in [1.807, 2.05) is 6.07 Å². The SMILES string of the molecule is CCOC(=O)[C@@](O)(c1ccccc1)c1ccc(Cl)cc1. The van der Waals surface area contributed by atoms with Crippen LogP contribution in [0, 0.1) is 0 Å². The van der Waals surface area contributed by atoms with Crippen LogP contribution in [-0.4, -0.2) is 17.7 Å². The topological polar surface area (TPSA) is 46.5 Å². The molecular formula is C16H15ClO3. The Hall–Kier alpha value is -1.84. The fourth-order valence-corrected chi connectivity index (χ4v) is 2.13. The number of halogens is 1. The summed E-state index contributed by atoms with van der Waals surface area (Å²) in [5.74, 6) is -0.700. The molecular weight excluding hydrogens is 276 g/mol. The molecule has 4 heteroatoms. The molecule has 0 radical (unpaired) electrons. The molecule has 0 amide bonds. The number of carbonyl (C=O) groups is 1. The van der Waals surface area contributed by atoms with E-state index in [1.54, 1.807) is 55.5 Å². The highest BCUT2D eigenvalue weighted by Gasteiger charge is 2.41. The number of hydrogen-bond acceptors (Lipinski definition) is 3. The molecule has 0 bridgehead atoms. The number of esters is 1. The molecule has 0 saturated carbocycles. The first kappa shape index (κ1) is 14.6. The maximum atomic E-state index is 12.2. The summed E-state index contributed by atoms with van der Waals surface area (Å²) in [7, 11) is 0. The average Bonchev–Trinajstić information content (AvgIpc) is 2.48. The highest BCUT2D eigenvalue weighted by molar-refractivity contribution is 6.30. The van der Waals surface area contributed by atoms with Crippen LogP contribution in [0.2, 0.25) is 5.02 Å². The number of hydrogen-bond donors (Lipinski definition) is 1. The van der Waals surface area contributed by atoms with E-state index >= 15 is 0 Å². The Kier molecular flexibility index (Phi) is 4.42. The predicted molar refractivity (Wildman–Crippen MR) is 77.5 cm³/mol. The molecule has 0 aliphatic rings. The summed E-state index contributed by atoms with van der Waals surface area (Å²) in [5, 5.41) is 11.5. The van der Waals surface area contributed by atoms with Gasteiger partial charge in [-0.3, -0.25) is 0 Å². The van der Waals surface area contributed by atoms with Gasteiger partial charge in [-0.25, -0.2) is 4.79 Å². The third-order valence-corrected chi connectivity index (χ3v) is 3.28.